The zero-order valence-corrected chi connectivity index (χ0v) is 16.5. The van der Waals surface area contributed by atoms with Gasteiger partial charge in [-0.05, 0) is 43.0 Å². The van der Waals surface area contributed by atoms with Crippen LogP contribution < -0.4 is 10.1 Å². The zero-order valence-electron chi connectivity index (χ0n) is 15.8. The number of carbonyl (C=O) groups is 1. The molecule has 1 aromatic carbocycles. The van der Waals surface area contributed by atoms with Crippen LogP contribution in [0.3, 0.4) is 0 Å². The minimum atomic E-state index is -1.15. The van der Waals surface area contributed by atoms with Gasteiger partial charge in [0.05, 0.1) is 11.1 Å². The Hall–Kier alpha value is -2.85. The van der Waals surface area contributed by atoms with Crippen molar-refractivity contribution in [2.75, 3.05) is 6.61 Å². The third-order valence-electron chi connectivity index (χ3n) is 4.07. The molecule has 0 spiro atoms. The summed E-state index contributed by atoms with van der Waals surface area (Å²) in [5, 5.41) is 20.8. The van der Waals surface area contributed by atoms with Gasteiger partial charge in [-0.25, -0.2) is 14.2 Å². The van der Waals surface area contributed by atoms with Crippen molar-refractivity contribution in [1.29, 1.82) is 5.26 Å². The van der Waals surface area contributed by atoms with Crippen molar-refractivity contribution >= 4 is 17.7 Å². The topological polar surface area (TPSA) is 95.2 Å². The van der Waals surface area contributed by atoms with Gasteiger partial charge in [-0.1, -0.05) is 31.5 Å². The van der Waals surface area contributed by atoms with Crippen LogP contribution in [0.5, 0.6) is 5.75 Å². The number of aromatic nitrogens is 1. The highest BCUT2D eigenvalue weighted by atomic mass is 35.5. The van der Waals surface area contributed by atoms with Gasteiger partial charge in [-0.15, -0.1) is 0 Å². The number of hydrogen-bond donors (Lipinski definition) is 2. The Balaban J connectivity index is 2.28. The number of benzene rings is 1. The Kier molecular flexibility index (Phi) is 6.81. The van der Waals surface area contributed by atoms with E-state index in [1.54, 1.807) is 19.1 Å². The molecule has 0 bridgehead atoms. The molecule has 148 valence electrons. The molecular weight excluding hydrogens is 385 g/mol. The molecule has 2 rings (SSSR count). The van der Waals surface area contributed by atoms with E-state index in [-0.39, 0.29) is 34.6 Å². The first-order valence-electron chi connectivity index (χ1n) is 8.63. The first-order chi connectivity index (χ1) is 13.1. The van der Waals surface area contributed by atoms with Crippen LogP contribution in [0.1, 0.15) is 32.8 Å². The molecular formula is C20H21ClFN3O3. The molecule has 0 fully saturated rings. The number of rotatable bonds is 7. The number of carboxylic acid groups (broad SMARTS) is 1. The van der Waals surface area contributed by atoms with Crippen molar-refractivity contribution in [3.63, 3.8) is 0 Å². The molecule has 2 N–H and O–H groups in total. The highest BCUT2D eigenvalue weighted by molar-refractivity contribution is 6.29. The predicted molar refractivity (Wildman–Crippen MR) is 104 cm³/mol. The van der Waals surface area contributed by atoms with Crippen LogP contribution in [0.25, 0.3) is 11.1 Å². The van der Waals surface area contributed by atoms with Crippen LogP contribution >= 0.6 is 11.6 Å². The van der Waals surface area contributed by atoms with Crippen LogP contribution in [0.15, 0.2) is 30.5 Å². The summed E-state index contributed by atoms with van der Waals surface area (Å²) < 4.78 is 20.0. The Labute approximate surface area is 167 Å². The molecule has 0 aliphatic carbocycles. The van der Waals surface area contributed by atoms with Gasteiger partial charge in [0.25, 0.3) is 0 Å². The van der Waals surface area contributed by atoms with Crippen LogP contribution in [0.4, 0.5) is 9.18 Å². The van der Waals surface area contributed by atoms with Crippen LogP contribution in [0, 0.1) is 23.1 Å². The summed E-state index contributed by atoms with van der Waals surface area (Å²) in [5.74, 6) is -0.149. The van der Waals surface area contributed by atoms with E-state index in [2.05, 4.69) is 10.3 Å². The quantitative estimate of drug-likeness (QED) is 0.641. The molecule has 2 aromatic rings. The van der Waals surface area contributed by atoms with Gasteiger partial charge in [0, 0.05) is 11.8 Å². The second-order valence-corrected chi connectivity index (χ2v) is 7.52. The van der Waals surface area contributed by atoms with Gasteiger partial charge in [-0.3, -0.25) is 0 Å². The molecule has 1 heterocycles. The molecule has 8 heteroatoms. The Bertz CT molecular complexity index is 914. The maximum Gasteiger partial charge on any atom is 0.405 e. The number of halogens is 2. The van der Waals surface area contributed by atoms with Gasteiger partial charge in [0.2, 0.25) is 0 Å². The number of nitrogens with zero attached hydrogens (tertiary/aromatic N) is 2. The molecule has 0 aliphatic heterocycles. The van der Waals surface area contributed by atoms with E-state index < -0.39 is 17.4 Å². The third kappa shape index (κ3) is 5.33. The lowest BCUT2D eigenvalue weighted by Crippen LogP contribution is -2.50. The zero-order chi connectivity index (χ0) is 20.9. The van der Waals surface area contributed by atoms with Crippen LogP contribution in [-0.2, 0) is 0 Å². The number of nitriles is 1. The summed E-state index contributed by atoms with van der Waals surface area (Å²) in [7, 11) is 0. The monoisotopic (exact) mass is 405 g/mol. The summed E-state index contributed by atoms with van der Waals surface area (Å²) in [6.07, 6.45) is 0.791. The second kappa shape index (κ2) is 8.89. The molecule has 1 aromatic heterocycles. The second-order valence-electron chi connectivity index (χ2n) is 7.16. The fourth-order valence-corrected chi connectivity index (χ4v) is 3.25. The number of amides is 1. The molecule has 1 amide bonds. The van der Waals surface area contributed by atoms with Gasteiger partial charge in [0.15, 0.2) is 11.0 Å². The molecule has 0 aliphatic rings. The molecule has 0 saturated heterocycles. The number of nitrogens with one attached hydrogen (secondary N) is 1. The Morgan fingerprint density at radius 2 is 2.18 bits per heavy atom. The summed E-state index contributed by atoms with van der Waals surface area (Å²) >= 11 is 5.72. The maximum atomic E-state index is 14.2. The number of pyridine rings is 1. The summed E-state index contributed by atoms with van der Waals surface area (Å²) in [4.78, 5) is 14.8. The van der Waals surface area contributed by atoms with Crippen molar-refractivity contribution in [3.8, 4) is 22.9 Å². The average Bonchev–Trinajstić information content (AvgIpc) is 2.61. The summed E-state index contributed by atoms with van der Waals surface area (Å²) in [5.41, 5.74) is 0.0578. The van der Waals surface area contributed by atoms with Gasteiger partial charge in [0.1, 0.15) is 18.4 Å². The van der Waals surface area contributed by atoms with Crippen molar-refractivity contribution in [2.24, 2.45) is 5.92 Å². The lowest BCUT2D eigenvalue weighted by atomic mass is 9.91. The van der Waals surface area contributed by atoms with E-state index in [0.717, 1.165) is 0 Å². The normalized spacial score (nSPS) is 12.9. The molecule has 0 radical (unpaired) electrons. The van der Waals surface area contributed by atoms with E-state index in [1.807, 2.05) is 19.9 Å². The fraction of sp³-hybridized carbons (Fsp3) is 0.350. The summed E-state index contributed by atoms with van der Waals surface area (Å²) in [6, 6.07) is 8.15. The highest BCUT2D eigenvalue weighted by Crippen LogP contribution is 2.30. The van der Waals surface area contributed by atoms with Crippen molar-refractivity contribution in [1.82, 2.24) is 10.3 Å². The minimum absolute atomic E-state index is 0.0426. The molecule has 0 saturated carbocycles. The maximum absolute atomic E-state index is 14.2. The van der Waals surface area contributed by atoms with Gasteiger partial charge in [-0.2, -0.15) is 5.26 Å². The molecule has 1 unspecified atom stereocenters. The molecule has 6 nitrogen and oxygen atoms in total. The summed E-state index contributed by atoms with van der Waals surface area (Å²) in [6.45, 7) is 5.74. The smallest absolute Gasteiger partial charge is 0.405 e. The Morgan fingerprint density at radius 1 is 1.46 bits per heavy atom. The third-order valence-corrected chi connectivity index (χ3v) is 4.33. The van der Waals surface area contributed by atoms with E-state index in [4.69, 9.17) is 21.4 Å². The molecule has 28 heavy (non-hydrogen) atoms. The van der Waals surface area contributed by atoms with Crippen molar-refractivity contribution < 1.29 is 19.0 Å². The highest BCUT2D eigenvalue weighted by Gasteiger charge is 2.29. The van der Waals surface area contributed by atoms with Crippen molar-refractivity contribution in [2.45, 2.75) is 32.7 Å². The first kappa shape index (κ1) is 21.5. The SMILES string of the molecule is CC(C)CC(C)(COc1ccc(-c2ccnc(Cl)c2F)cc1C#N)NC(=O)O. The largest absolute Gasteiger partial charge is 0.490 e. The standard InChI is InChI=1S/C20H21ClFN3O3/c1-12(2)9-20(3,25-19(26)27)11-28-16-5-4-13(8-14(16)10-23)15-6-7-24-18(21)17(15)22/h4-8,12,25H,9,11H2,1-3H3,(H,26,27). The Morgan fingerprint density at radius 3 is 2.79 bits per heavy atom. The van der Waals surface area contributed by atoms with E-state index >= 15 is 0 Å². The lowest BCUT2D eigenvalue weighted by Gasteiger charge is -2.31. The minimum Gasteiger partial charge on any atom is -0.490 e. The van der Waals surface area contributed by atoms with Crippen LogP contribution in [0.2, 0.25) is 5.15 Å². The van der Waals surface area contributed by atoms with E-state index in [0.29, 0.717) is 12.0 Å². The number of hydrogen-bond acceptors (Lipinski definition) is 4. The number of ether oxygens (including phenoxy) is 1. The fourth-order valence-electron chi connectivity index (χ4n) is 3.09. The van der Waals surface area contributed by atoms with E-state index in [9.17, 15) is 14.4 Å². The average molecular weight is 406 g/mol. The van der Waals surface area contributed by atoms with Gasteiger partial charge < -0.3 is 15.2 Å². The lowest BCUT2D eigenvalue weighted by molar-refractivity contribution is 0.143. The van der Waals surface area contributed by atoms with Gasteiger partial charge >= 0.3 is 6.09 Å². The van der Waals surface area contributed by atoms with Crippen LogP contribution in [-0.4, -0.2) is 28.3 Å². The first-order valence-corrected chi connectivity index (χ1v) is 9.01. The van der Waals surface area contributed by atoms with Crippen molar-refractivity contribution in [3.05, 3.63) is 47.0 Å². The molecule has 1 atom stereocenters. The van der Waals surface area contributed by atoms with E-state index in [1.165, 1.54) is 18.3 Å². The predicted octanol–water partition coefficient (Wildman–Crippen LogP) is 4.86.